The van der Waals surface area contributed by atoms with E-state index in [9.17, 15) is 4.79 Å². The molecule has 1 aromatic carbocycles. The van der Waals surface area contributed by atoms with Crippen LogP contribution in [0.1, 0.15) is 19.4 Å². The van der Waals surface area contributed by atoms with Gasteiger partial charge in [-0.1, -0.05) is 11.6 Å². The molecule has 0 saturated heterocycles. The number of hydrogen-bond donors (Lipinski definition) is 1. The zero-order valence-electron chi connectivity index (χ0n) is 12.5. The average Bonchev–Trinajstić information content (AvgIpc) is 2.45. The van der Waals surface area contributed by atoms with Crippen molar-refractivity contribution in [1.29, 1.82) is 0 Å². The average molecular weight is 364 g/mol. The summed E-state index contributed by atoms with van der Waals surface area (Å²) in [5, 5.41) is 0.828. The smallest absolute Gasteiger partial charge is 0.421 e. The lowest BCUT2D eigenvalue weighted by molar-refractivity contribution is 0.214. The molecule has 0 fully saturated rings. The molecule has 0 amide bonds. The van der Waals surface area contributed by atoms with Crippen LogP contribution in [0.2, 0.25) is 5.02 Å². The maximum absolute atomic E-state index is 11.7. The van der Waals surface area contributed by atoms with Gasteiger partial charge < -0.3 is 4.42 Å². The van der Waals surface area contributed by atoms with E-state index in [1.807, 2.05) is 13.8 Å². The number of hydrogen-bond acceptors (Lipinski definition) is 6. The van der Waals surface area contributed by atoms with Crippen LogP contribution < -0.4 is 10.1 Å². The highest BCUT2D eigenvalue weighted by atomic mass is 35.5. The summed E-state index contributed by atoms with van der Waals surface area (Å²) >= 11 is 10.3. The number of rotatable bonds is 6. The molecule has 0 saturated carbocycles. The number of aryl methyl sites for hydroxylation is 1. The van der Waals surface area contributed by atoms with E-state index in [1.54, 1.807) is 25.1 Å². The topological polar surface area (TPSA) is 57.9 Å². The first-order chi connectivity index (χ1) is 10.4. The predicted molar refractivity (Wildman–Crippen MR) is 92.0 cm³/mol. The third-order valence-corrected chi connectivity index (χ3v) is 5.86. The number of halogens is 1. The third-order valence-electron chi connectivity index (χ3n) is 2.87. The van der Waals surface area contributed by atoms with Gasteiger partial charge in [-0.25, -0.2) is 4.79 Å². The molecule has 8 heteroatoms. The van der Waals surface area contributed by atoms with Crippen LogP contribution in [0, 0.1) is 6.92 Å². The van der Waals surface area contributed by atoms with Crippen LogP contribution in [0.15, 0.2) is 27.4 Å². The van der Waals surface area contributed by atoms with Crippen molar-refractivity contribution < 1.29 is 18.0 Å². The second-order valence-electron chi connectivity index (χ2n) is 4.38. The molecule has 0 radical (unpaired) electrons. The first-order valence-corrected chi connectivity index (χ1v) is 9.81. The van der Waals surface area contributed by atoms with Gasteiger partial charge in [-0.2, -0.15) is 9.05 Å². The minimum absolute atomic E-state index is 0.0841. The highest BCUT2D eigenvalue weighted by Gasteiger charge is 2.42. The fraction of sp³-hybridized carbons (Fsp3) is 0.357. The Hall–Kier alpha value is -0.780. The van der Waals surface area contributed by atoms with E-state index in [1.165, 1.54) is 0 Å². The molecule has 0 aliphatic rings. The molecule has 0 aliphatic carbocycles. The normalized spacial score (nSPS) is 11.9. The third kappa shape index (κ3) is 3.76. The fourth-order valence-corrected chi connectivity index (χ4v) is 4.25. The van der Waals surface area contributed by atoms with Gasteiger partial charge in [-0.15, -0.1) is 0 Å². The SMILES string of the molecule is CCO[P+](S)(OCC)Oc1ccc2c(C)c(Cl)c(=O)oc2c1. The van der Waals surface area contributed by atoms with E-state index < -0.39 is 12.8 Å². The largest absolute Gasteiger partial charge is 0.521 e. The molecule has 5 nitrogen and oxygen atoms in total. The molecule has 0 unspecified atom stereocenters. The van der Waals surface area contributed by atoms with Crippen molar-refractivity contribution in [3.63, 3.8) is 0 Å². The second-order valence-corrected chi connectivity index (χ2v) is 7.87. The van der Waals surface area contributed by atoms with Crippen LogP contribution >= 0.6 is 31.0 Å². The summed E-state index contributed by atoms with van der Waals surface area (Å²) in [5.41, 5.74) is 0.476. The van der Waals surface area contributed by atoms with Gasteiger partial charge in [0.15, 0.2) is 5.75 Å². The zero-order chi connectivity index (χ0) is 16.3. The van der Waals surface area contributed by atoms with Crippen LogP contribution in [0.4, 0.5) is 0 Å². The lowest BCUT2D eigenvalue weighted by atomic mass is 10.1. The lowest BCUT2D eigenvalue weighted by Crippen LogP contribution is -2.05. The quantitative estimate of drug-likeness (QED) is 0.453. The Labute approximate surface area is 139 Å². The molecule has 120 valence electrons. The molecular weight excluding hydrogens is 347 g/mol. The Kier molecular flexibility index (Phi) is 5.75. The Balaban J connectivity index is 2.41. The molecule has 2 aromatic rings. The minimum atomic E-state index is -2.75. The van der Waals surface area contributed by atoms with E-state index in [0.29, 0.717) is 30.1 Å². The first kappa shape index (κ1) is 17.6. The molecule has 0 atom stereocenters. The van der Waals surface area contributed by atoms with Crippen LogP contribution in [-0.2, 0) is 9.05 Å². The first-order valence-electron chi connectivity index (χ1n) is 6.73. The van der Waals surface area contributed by atoms with Crippen LogP contribution in [0.3, 0.4) is 0 Å². The van der Waals surface area contributed by atoms with Crippen LogP contribution in [-0.4, -0.2) is 13.2 Å². The Bertz CT molecular complexity index is 727. The summed E-state index contributed by atoms with van der Waals surface area (Å²) in [6.07, 6.45) is 0. The molecule has 0 spiro atoms. The molecule has 0 N–H and O–H groups in total. The van der Waals surface area contributed by atoms with Gasteiger partial charge in [0, 0.05) is 11.5 Å². The van der Waals surface area contributed by atoms with E-state index >= 15 is 0 Å². The Morgan fingerprint density at radius 1 is 1.27 bits per heavy atom. The summed E-state index contributed by atoms with van der Waals surface area (Å²) in [4.78, 5) is 11.7. The van der Waals surface area contributed by atoms with Crippen molar-refractivity contribution in [1.82, 2.24) is 0 Å². The number of fused-ring (bicyclic) bond motifs is 1. The van der Waals surface area contributed by atoms with E-state index in [4.69, 9.17) is 29.6 Å². The van der Waals surface area contributed by atoms with Gasteiger partial charge in [0.05, 0.1) is 13.2 Å². The standard InChI is InChI=1S/C14H17ClO5PS/c1-4-17-21(22,18-5-2)20-10-6-7-11-9(3)13(15)14(16)19-12(11)8-10/h6-8,22H,4-5H2,1-3H3/q+1. The van der Waals surface area contributed by atoms with Crippen molar-refractivity contribution in [2.45, 2.75) is 20.8 Å². The van der Waals surface area contributed by atoms with E-state index in [0.717, 1.165) is 5.39 Å². The minimum Gasteiger partial charge on any atom is -0.421 e. The second kappa shape index (κ2) is 7.20. The molecule has 2 rings (SSSR count). The van der Waals surface area contributed by atoms with E-state index in [-0.39, 0.29) is 5.02 Å². The van der Waals surface area contributed by atoms with Crippen molar-refractivity contribution in [2.75, 3.05) is 13.2 Å². The summed E-state index contributed by atoms with van der Waals surface area (Å²) in [6, 6.07) is 5.10. The summed E-state index contributed by atoms with van der Waals surface area (Å²) < 4.78 is 21.9. The van der Waals surface area contributed by atoms with Crippen molar-refractivity contribution in [3.05, 3.63) is 39.2 Å². The van der Waals surface area contributed by atoms with Gasteiger partial charge >= 0.3 is 12.8 Å². The van der Waals surface area contributed by atoms with Gasteiger partial charge in [0.2, 0.25) is 0 Å². The van der Waals surface area contributed by atoms with Crippen molar-refractivity contribution >= 4 is 42.0 Å². The molecule has 1 heterocycles. The summed E-state index contributed by atoms with van der Waals surface area (Å²) in [7, 11) is -2.75. The van der Waals surface area contributed by atoms with Crippen molar-refractivity contribution in [2.24, 2.45) is 0 Å². The molecule has 0 bridgehead atoms. The van der Waals surface area contributed by atoms with Gasteiger partial charge in [0.1, 0.15) is 22.9 Å². The fourth-order valence-electron chi connectivity index (χ4n) is 1.92. The number of benzene rings is 1. The molecule has 22 heavy (non-hydrogen) atoms. The molecule has 0 aliphatic heterocycles. The summed E-state index contributed by atoms with van der Waals surface area (Å²) in [6.45, 7) is 6.25. The van der Waals surface area contributed by atoms with Crippen LogP contribution in [0.25, 0.3) is 11.0 Å². The monoisotopic (exact) mass is 363 g/mol. The molecule has 1 aromatic heterocycles. The van der Waals surface area contributed by atoms with Gasteiger partial charge in [0.25, 0.3) is 0 Å². The summed E-state index contributed by atoms with van der Waals surface area (Å²) in [5.74, 6) is 0.447. The van der Waals surface area contributed by atoms with Gasteiger partial charge in [-0.05, 0) is 38.5 Å². The van der Waals surface area contributed by atoms with Crippen molar-refractivity contribution in [3.8, 4) is 5.75 Å². The predicted octanol–water partition coefficient (Wildman–Crippen LogP) is 4.81. The van der Waals surface area contributed by atoms with Crippen LogP contribution in [0.5, 0.6) is 5.75 Å². The Morgan fingerprint density at radius 3 is 2.50 bits per heavy atom. The highest BCUT2D eigenvalue weighted by Crippen LogP contribution is 2.65. The maximum atomic E-state index is 11.7. The lowest BCUT2D eigenvalue weighted by Gasteiger charge is -2.15. The van der Waals surface area contributed by atoms with E-state index in [2.05, 4.69) is 12.2 Å². The Morgan fingerprint density at radius 2 is 1.91 bits per heavy atom. The van der Waals surface area contributed by atoms with Gasteiger partial charge in [-0.3, -0.25) is 4.52 Å². The highest BCUT2D eigenvalue weighted by molar-refractivity contribution is 8.47. The maximum Gasteiger partial charge on any atom is 0.521 e. The number of thiol groups is 1. The zero-order valence-corrected chi connectivity index (χ0v) is 15.0. The molecular formula is C14H17ClO5PS+.